The van der Waals surface area contributed by atoms with Crippen LogP contribution >= 0.6 is 12.2 Å². The van der Waals surface area contributed by atoms with Gasteiger partial charge in [0.15, 0.2) is 5.11 Å². The highest BCUT2D eigenvalue weighted by Gasteiger charge is 2.32. The Labute approximate surface area is 163 Å². The van der Waals surface area contributed by atoms with Gasteiger partial charge in [0.2, 0.25) is 0 Å². The summed E-state index contributed by atoms with van der Waals surface area (Å²) in [6.45, 7) is 2.19. The standard InChI is InChI=1S/C22H20F2N2S/c1-13-8-16(10-14-4-2-6-17(23)11-14)21-19(9-13)20(25-22(27)26-21)15-5-3-7-18(24)12-15/h2-7,10-13,20H,8-9H2,1H3,(H2,25,26,27)/b16-10+/t13-,20+/m0/s1. The van der Waals surface area contributed by atoms with E-state index in [9.17, 15) is 8.78 Å². The third-order valence-corrected chi connectivity index (χ3v) is 5.23. The summed E-state index contributed by atoms with van der Waals surface area (Å²) < 4.78 is 27.4. The third-order valence-electron chi connectivity index (χ3n) is 5.01. The molecule has 4 rings (SSSR count). The molecule has 1 heterocycles. The maximum atomic E-state index is 13.8. The van der Waals surface area contributed by atoms with E-state index in [0.29, 0.717) is 11.0 Å². The van der Waals surface area contributed by atoms with Crippen molar-refractivity contribution in [3.8, 4) is 0 Å². The van der Waals surface area contributed by atoms with Gasteiger partial charge in [0.1, 0.15) is 11.6 Å². The normalized spacial score (nSPS) is 23.7. The molecular formula is C22H20F2N2S. The van der Waals surface area contributed by atoms with E-state index in [2.05, 4.69) is 17.6 Å². The van der Waals surface area contributed by atoms with Gasteiger partial charge in [0.25, 0.3) is 0 Å². The van der Waals surface area contributed by atoms with Crippen molar-refractivity contribution in [3.05, 3.63) is 88.1 Å². The Kier molecular flexibility index (Phi) is 4.79. The SMILES string of the molecule is C[C@@H]1CC2=C(NC(=S)N[C@@H]2c2cccc(F)c2)/C(=C/c2cccc(F)c2)C1. The van der Waals surface area contributed by atoms with Crippen LogP contribution in [-0.4, -0.2) is 5.11 Å². The lowest BCUT2D eigenvalue weighted by Crippen LogP contribution is -2.45. The molecular weight excluding hydrogens is 362 g/mol. The molecule has 2 nitrogen and oxygen atoms in total. The Morgan fingerprint density at radius 1 is 1.04 bits per heavy atom. The van der Waals surface area contributed by atoms with Gasteiger partial charge in [-0.25, -0.2) is 8.78 Å². The molecule has 2 N–H and O–H groups in total. The molecule has 2 aliphatic rings. The minimum atomic E-state index is -0.264. The highest BCUT2D eigenvalue weighted by Crippen LogP contribution is 2.41. The fourth-order valence-corrected chi connectivity index (χ4v) is 4.14. The predicted molar refractivity (Wildman–Crippen MR) is 108 cm³/mol. The molecule has 2 aromatic rings. The molecule has 2 atom stereocenters. The molecule has 0 spiro atoms. The summed E-state index contributed by atoms with van der Waals surface area (Å²) in [5.74, 6) is -0.0935. The Hall–Kier alpha value is -2.53. The number of hydrogen-bond acceptors (Lipinski definition) is 1. The number of nitrogens with one attached hydrogen (secondary N) is 2. The van der Waals surface area contributed by atoms with Gasteiger partial charge in [-0.15, -0.1) is 0 Å². The lowest BCUT2D eigenvalue weighted by molar-refractivity contribution is 0.499. The molecule has 2 aromatic carbocycles. The van der Waals surface area contributed by atoms with Crippen LogP contribution in [0.3, 0.4) is 0 Å². The highest BCUT2D eigenvalue weighted by atomic mass is 32.1. The summed E-state index contributed by atoms with van der Waals surface area (Å²) in [7, 11) is 0. The van der Waals surface area contributed by atoms with Gasteiger partial charge >= 0.3 is 0 Å². The predicted octanol–water partition coefficient (Wildman–Crippen LogP) is 5.25. The highest BCUT2D eigenvalue weighted by molar-refractivity contribution is 7.80. The van der Waals surface area contributed by atoms with Crippen molar-refractivity contribution in [3.63, 3.8) is 0 Å². The average molecular weight is 382 g/mol. The van der Waals surface area contributed by atoms with Gasteiger partial charge in [0, 0.05) is 5.70 Å². The second kappa shape index (κ2) is 7.24. The zero-order valence-corrected chi connectivity index (χ0v) is 15.7. The van der Waals surface area contributed by atoms with Crippen molar-refractivity contribution in [1.29, 1.82) is 0 Å². The Morgan fingerprint density at radius 3 is 2.52 bits per heavy atom. The average Bonchev–Trinajstić information content (AvgIpc) is 2.62. The maximum absolute atomic E-state index is 13.8. The third kappa shape index (κ3) is 3.78. The van der Waals surface area contributed by atoms with Crippen LogP contribution in [-0.2, 0) is 0 Å². The van der Waals surface area contributed by atoms with Gasteiger partial charge in [0.05, 0.1) is 6.04 Å². The van der Waals surface area contributed by atoms with E-state index in [0.717, 1.165) is 40.8 Å². The smallest absolute Gasteiger partial charge is 0.171 e. The first-order valence-corrected chi connectivity index (χ1v) is 9.43. The van der Waals surface area contributed by atoms with Crippen LogP contribution in [0.25, 0.3) is 6.08 Å². The van der Waals surface area contributed by atoms with Crippen molar-refractivity contribution in [2.45, 2.75) is 25.8 Å². The zero-order chi connectivity index (χ0) is 19.0. The quantitative estimate of drug-likeness (QED) is 0.694. The van der Waals surface area contributed by atoms with Crippen molar-refractivity contribution < 1.29 is 8.78 Å². The molecule has 138 valence electrons. The van der Waals surface area contributed by atoms with E-state index in [1.54, 1.807) is 18.2 Å². The van der Waals surface area contributed by atoms with Gasteiger partial charge in [-0.05, 0) is 83.6 Å². The van der Waals surface area contributed by atoms with Crippen molar-refractivity contribution in [1.82, 2.24) is 10.6 Å². The molecule has 5 heteroatoms. The van der Waals surface area contributed by atoms with Gasteiger partial charge < -0.3 is 10.6 Å². The van der Waals surface area contributed by atoms with E-state index in [-0.39, 0.29) is 17.7 Å². The molecule has 27 heavy (non-hydrogen) atoms. The molecule has 1 aliphatic heterocycles. The van der Waals surface area contributed by atoms with Crippen LogP contribution in [0, 0.1) is 17.6 Å². The largest absolute Gasteiger partial charge is 0.352 e. The van der Waals surface area contributed by atoms with Crippen molar-refractivity contribution in [2.24, 2.45) is 5.92 Å². The Morgan fingerprint density at radius 2 is 1.78 bits per heavy atom. The van der Waals surface area contributed by atoms with Crippen molar-refractivity contribution >= 4 is 23.4 Å². The molecule has 0 fully saturated rings. The molecule has 1 aliphatic carbocycles. The van der Waals surface area contributed by atoms with Crippen LogP contribution < -0.4 is 10.6 Å². The minimum Gasteiger partial charge on any atom is -0.352 e. The van der Waals surface area contributed by atoms with Crippen LogP contribution in [0.4, 0.5) is 8.78 Å². The number of rotatable bonds is 2. The van der Waals surface area contributed by atoms with E-state index in [1.165, 1.54) is 18.2 Å². The summed E-state index contributed by atoms with van der Waals surface area (Å²) in [5, 5.41) is 7.08. The van der Waals surface area contributed by atoms with E-state index >= 15 is 0 Å². The van der Waals surface area contributed by atoms with E-state index in [4.69, 9.17) is 12.2 Å². The molecule has 0 radical (unpaired) electrons. The first kappa shape index (κ1) is 17.9. The summed E-state index contributed by atoms with van der Waals surface area (Å²) in [6.07, 6.45) is 3.78. The first-order valence-electron chi connectivity index (χ1n) is 9.02. The molecule has 0 saturated heterocycles. The fraction of sp³-hybridized carbons (Fsp3) is 0.227. The maximum Gasteiger partial charge on any atom is 0.171 e. The summed E-state index contributed by atoms with van der Waals surface area (Å²) >= 11 is 5.41. The second-order valence-electron chi connectivity index (χ2n) is 7.22. The van der Waals surface area contributed by atoms with Gasteiger partial charge in [-0.1, -0.05) is 31.2 Å². The number of thiocarbonyl (C=S) groups is 1. The molecule has 0 saturated carbocycles. The Bertz CT molecular complexity index is 964. The van der Waals surface area contributed by atoms with Gasteiger partial charge in [-0.3, -0.25) is 0 Å². The topological polar surface area (TPSA) is 24.1 Å². The second-order valence-corrected chi connectivity index (χ2v) is 7.63. The molecule has 0 bridgehead atoms. The van der Waals surface area contributed by atoms with Crippen LogP contribution in [0.2, 0.25) is 0 Å². The van der Waals surface area contributed by atoms with Crippen LogP contribution in [0.15, 0.2) is 65.4 Å². The number of halogens is 2. The fourth-order valence-electron chi connectivity index (χ4n) is 3.92. The zero-order valence-electron chi connectivity index (χ0n) is 14.9. The molecule has 0 unspecified atom stereocenters. The molecule has 0 aromatic heterocycles. The lowest BCUT2D eigenvalue weighted by atomic mass is 9.78. The lowest BCUT2D eigenvalue weighted by Gasteiger charge is -2.38. The minimum absolute atomic E-state index is 0.164. The summed E-state index contributed by atoms with van der Waals surface area (Å²) in [4.78, 5) is 0. The Balaban J connectivity index is 1.81. The molecule has 0 amide bonds. The summed E-state index contributed by atoms with van der Waals surface area (Å²) in [5.41, 5.74) is 4.91. The van der Waals surface area contributed by atoms with Gasteiger partial charge in [-0.2, -0.15) is 0 Å². The number of hydrogen-bond donors (Lipinski definition) is 2. The number of allylic oxidation sites excluding steroid dienone is 1. The number of benzene rings is 2. The monoisotopic (exact) mass is 382 g/mol. The summed E-state index contributed by atoms with van der Waals surface area (Å²) in [6, 6.07) is 13.0. The first-order chi connectivity index (χ1) is 13.0. The van der Waals surface area contributed by atoms with E-state index in [1.807, 2.05) is 18.2 Å². The van der Waals surface area contributed by atoms with Crippen molar-refractivity contribution in [2.75, 3.05) is 0 Å². The van der Waals surface area contributed by atoms with E-state index < -0.39 is 0 Å². The van der Waals surface area contributed by atoms with Crippen LogP contribution in [0.1, 0.15) is 36.9 Å². The van der Waals surface area contributed by atoms with Crippen LogP contribution in [0.5, 0.6) is 0 Å².